The molecular weight excluding hydrogens is 302 g/mol. The Balaban J connectivity index is 1.82. The number of carbonyl (C=O) groups is 1. The summed E-state index contributed by atoms with van der Waals surface area (Å²) >= 11 is 0. The van der Waals surface area contributed by atoms with E-state index in [0.717, 1.165) is 5.56 Å². The zero-order valence-corrected chi connectivity index (χ0v) is 13.2. The third-order valence-electron chi connectivity index (χ3n) is 3.57. The van der Waals surface area contributed by atoms with Crippen molar-refractivity contribution in [2.45, 2.75) is 18.9 Å². The van der Waals surface area contributed by atoms with E-state index in [1.54, 1.807) is 24.3 Å². The summed E-state index contributed by atoms with van der Waals surface area (Å²) in [6.45, 7) is 0.862. The van der Waals surface area contributed by atoms with Crippen molar-refractivity contribution in [3.63, 3.8) is 0 Å². The smallest absolute Gasteiger partial charge is 0.319 e. The fraction of sp³-hybridized carbons (Fsp3) is 0.400. The maximum atomic E-state index is 11.9. The Morgan fingerprint density at radius 2 is 1.86 bits per heavy atom. The van der Waals surface area contributed by atoms with Crippen LogP contribution >= 0.6 is 0 Å². The number of nitrogens with one attached hydrogen (secondary N) is 2. The number of sulfonamides is 1. The predicted molar refractivity (Wildman–Crippen MR) is 86.0 cm³/mol. The summed E-state index contributed by atoms with van der Waals surface area (Å²) in [4.78, 5) is 11.9. The van der Waals surface area contributed by atoms with Gasteiger partial charge in [-0.1, -0.05) is 5.92 Å². The maximum Gasteiger partial charge on any atom is 0.319 e. The summed E-state index contributed by atoms with van der Waals surface area (Å²) < 4.78 is 24.3. The summed E-state index contributed by atoms with van der Waals surface area (Å²) in [6, 6.07) is 6.65. The van der Waals surface area contributed by atoms with Gasteiger partial charge in [-0.2, -0.15) is 0 Å². The van der Waals surface area contributed by atoms with Gasteiger partial charge in [-0.3, -0.25) is 0 Å². The van der Waals surface area contributed by atoms with Gasteiger partial charge in [-0.05, 0) is 37.1 Å². The Labute approximate surface area is 130 Å². The molecule has 6 nitrogen and oxygen atoms in total. The fourth-order valence-corrected chi connectivity index (χ4v) is 3.21. The van der Waals surface area contributed by atoms with E-state index in [0.29, 0.717) is 31.6 Å². The normalized spacial score (nSPS) is 16.7. The molecule has 1 aromatic rings. The summed E-state index contributed by atoms with van der Waals surface area (Å²) in [5.74, 6) is 2.51. The lowest BCUT2D eigenvalue weighted by atomic mass is 10.1. The molecule has 0 atom stereocenters. The third-order valence-corrected chi connectivity index (χ3v) is 4.87. The van der Waals surface area contributed by atoms with Crippen LogP contribution < -0.4 is 10.6 Å². The van der Waals surface area contributed by atoms with Gasteiger partial charge in [0.05, 0.1) is 6.26 Å². The molecule has 1 saturated heterocycles. The molecule has 2 amide bonds. The molecule has 2 N–H and O–H groups in total. The van der Waals surface area contributed by atoms with Crippen LogP contribution in [0.2, 0.25) is 0 Å². The lowest BCUT2D eigenvalue weighted by molar-refractivity contribution is 0.238. The average Bonchev–Trinajstić information content (AvgIpc) is 2.47. The van der Waals surface area contributed by atoms with E-state index < -0.39 is 10.0 Å². The first kappa shape index (κ1) is 16.3. The number of rotatable bonds is 3. The zero-order chi connectivity index (χ0) is 16.2. The van der Waals surface area contributed by atoms with Crippen molar-refractivity contribution in [1.82, 2.24) is 9.62 Å². The highest BCUT2D eigenvalue weighted by atomic mass is 32.2. The number of terminal acetylenes is 1. The Morgan fingerprint density at radius 3 is 2.36 bits per heavy atom. The SMILES string of the molecule is C#Cc1ccc(NC(=O)NC2CCN(S(C)(=O)=O)CC2)cc1. The molecule has 0 radical (unpaired) electrons. The standard InChI is InChI=1S/C15H19N3O3S/c1-3-12-4-6-13(7-5-12)16-15(19)17-14-8-10-18(11-9-14)22(2,20)21/h1,4-7,14H,8-11H2,2H3,(H2,16,17,19). The number of nitrogens with zero attached hydrogens (tertiary/aromatic N) is 1. The van der Waals surface area contributed by atoms with Crippen LogP contribution in [0.25, 0.3) is 0 Å². The van der Waals surface area contributed by atoms with Crippen LogP contribution in [0.5, 0.6) is 0 Å². The fourth-order valence-electron chi connectivity index (χ4n) is 2.33. The summed E-state index contributed by atoms with van der Waals surface area (Å²) in [6.07, 6.45) is 7.69. The van der Waals surface area contributed by atoms with Crippen molar-refractivity contribution in [3.05, 3.63) is 29.8 Å². The highest BCUT2D eigenvalue weighted by molar-refractivity contribution is 7.88. The minimum absolute atomic E-state index is 0.0250. The first-order valence-corrected chi connectivity index (χ1v) is 8.82. The number of benzene rings is 1. The van der Waals surface area contributed by atoms with Crippen molar-refractivity contribution in [3.8, 4) is 12.3 Å². The molecule has 1 aliphatic heterocycles. The van der Waals surface area contributed by atoms with E-state index >= 15 is 0 Å². The van der Waals surface area contributed by atoms with Gasteiger partial charge in [0.25, 0.3) is 0 Å². The largest absolute Gasteiger partial charge is 0.335 e. The maximum absolute atomic E-state index is 11.9. The van der Waals surface area contributed by atoms with Crippen LogP contribution in [-0.4, -0.2) is 44.1 Å². The molecule has 1 fully saturated rings. The van der Waals surface area contributed by atoms with Gasteiger partial charge in [0.1, 0.15) is 0 Å². The minimum atomic E-state index is -3.14. The highest BCUT2D eigenvalue weighted by Gasteiger charge is 2.25. The molecule has 0 saturated carbocycles. The molecule has 0 unspecified atom stereocenters. The monoisotopic (exact) mass is 321 g/mol. The van der Waals surface area contributed by atoms with Crippen molar-refractivity contribution in [2.75, 3.05) is 24.7 Å². The van der Waals surface area contributed by atoms with Gasteiger partial charge >= 0.3 is 6.03 Å². The Morgan fingerprint density at radius 1 is 1.27 bits per heavy atom. The summed E-state index contributed by atoms with van der Waals surface area (Å²) in [5, 5.41) is 5.59. The molecule has 2 rings (SSSR count). The second-order valence-electron chi connectivity index (χ2n) is 5.26. The predicted octanol–water partition coefficient (Wildman–Crippen LogP) is 1.21. The van der Waals surface area contributed by atoms with E-state index in [2.05, 4.69) is 16.6 Å². The van der Waals surface area contributed by atoms with Crippen molar-refractivity contribution >= 4 is 21.7 Å². The van der Waals surface area contributed by atoms with Gasteiger partial charge in [-0.15, -0.1) is 6.42 Å². The molecule has 0 aliphatic carbocycles. The van der Waals surface area contributed by atoms with Gasteiger partial charge in [-0.25, -0.2) is 17.5 Å². The number of amides is 2. The first-order chi connectivity index (χ1) is 10.4. The molecule has 22 heavy (non-hydrogen) atoms. The first-order valence-electron chi connectivity index (χ1n) is 6.98. The van der Waals surface area contributed by atoms with Crippen LogP contribution in [-0.2, 0) is 10.0 Å². The van der Waals surface area contributed by atoms with E-state index in [9.17, 15) is 13.2 Å². The third kappa shape index (κ3) is 4.48. The minimum Gasteiger partial charge on any atom is -0.335 e. The molecule has 1 aliphatic rings. The van der Waals surface area contributed by atoms with Gasteiger partial charge in [0.2, 0.25) is 10.0 Å². The Kier molecular flexibility index (Phi) is 5.06. The van der Waals surface area contributed by atoms with Crippen LogP contribution in [0.3, 0.4) is 0 Å². The molecule has 0 bridgehead atoms. The number of urea groups is 1. The lowest BCUT2D eigenvalue weighted by Crippen LogP contribution is -2.47. The summed E-state index contributed by atoms with van der Waals surface area (Å²) in [5.41, 5.74) is 1.41. The van der Waals surface area contributed by atoms with E-state index in [1.165, 1.54) is 10.6 Å². The quantitative estimate of drug-likeness (QED) is 0.822. The number of anilines is 1. The van der Waals surface area contributed by atoms with Crippen LogP contribution in [0, 0.1) is 12.3 Å². The van der Waals surface area contributed by atoms with Crippen LogP contribution in [0.1, 0.15) is 18.4 Å². The van der Waals surface area contributed by atoms with Gasteiger partial charge in [0.15, 0.2) is 0 Å². The molecule has 1 heterocycles. The van der Waals surface area contributed by atoms with Gasteiger partial charge in [0, 0.05) is 30.4 Å². The molecule has 0 spiro atoms. The topological polar surface area (TPSA) is 78.5 Å². The van der Waals surface area contributed by atoms with Gasteiger partial charge < -0.3 is 10.6 Å². The van der Waals surface area contributed by atoms with Crippen molar-refractivity contribution in [1.29, 1.82) is 0 Å². The zero-order valence-electron chi connectivity index (χ0n) is 12.4. The van der Waals surface area contributed by atoms with Crippen LogP contribution in [0.4, 0.5) is 10.5 Å². The number of hydrogen-bond acceptors (Lipinski definition) is 3. The van der Waals surface area contributed by atoms with Crippen molar-refractivity contribution < 1.29 is 13.2 Å². The lowest BCUT2D eigenvalue weighted by Gasteiger charge is -2.30. The van der Waals surface area contributed by atoms with E-state index in [4.69, 9.17) is 6.42 Å². The average molecular weight is 321 g/mol. The Bertz CT molecular complexity index is 669. The molecule has 1 aromatic carbocycles. The second-order valence-corrected chi connectivity index (χ2v) is 7.24. The Hall–Kier alpha value is -2.04. The number of piperidine rings is 1. The number of hydrogen-bond donors (Lipinski definition) is 2. The number of carbonyl (C=O) groups excluding carboxylic acids is 1. The van der Waals surface area contributed by atoms with Crippen LogP contribution in [0.15, 0.2) is 24.3 Å². The summed E-state index contributed by atoms with van der Waals surface area (Å²) in [7, 11) is -3.14. The van der Waals surface area contributed by atoms with Crippen molar-refractivity contribution in [2.24, 2.45) is 0 Å². The van der Waals surface area contributed by atoms with E-state index in [1.807, 2.05) is 0 Å². The van der Waals surface area contributed by atoms with E-state index in [-0.39, 0.29) is 12.1 Å². The second kappa shape index (κ2) is 6.81. The molecular formula is C15H19N3O3S. The molecule has 118 valence electrons. The molecule has 0 aromatic heterocycles. The molecule has 7 heteroatoms. The highest BCUT2D eigenvalue weighted by Crippen LogP contribution is 2.14.